The van der Waals surface area contributed by atoms with Crippen LogP contribution in [0.1, 0.15) is 39.3 Å². The smallest absolute Gasteiger partial charge is 0.287 e. The molecule has 3 aromatic heterocycles. The van der Waals surface area contributed by atoms with E-state index in [9.17, 15) is 14.0 Å². The minimum Gasteiger partial charge on any atom is -0.459 e. The normalized spacial score (nSPS) is 14.7. The third-order valence-electron chi connectivity index (χ3n) is 6.42. The summed E-state index contributed by atoms with van der Waals surface area (Å²) < 4.78 is 20.6. The van der Waals surface area contributed by atoms with E-state index in [-0.39, 0.29) is 41.7 Å². The van der Waals surface area contributed by atoms with E-state index in [2.05, 4.69) is 20.6 Å². The van der Waals surface area contributed by atoms with Crippen molar-refractivity contribution in [1.29, 1.82) is 0 Å². The Morgan fingerprint density at radius 2 is 1.85 bits per heavy atom. The number of para-hydroxylation sites is 1. The Kier molecular flexibility index (Phi) is 7.74. The quantitative estimate of drug-likeness (QED) is 0.230. The van der Waals surface area contributed by atoms with Crippen LogP contribution in [0.5, 0.6) is 0 Å². The van der Waals surface area contributed by atoms with Gasteiger partial charge in [-0.1, -0.05) is 48.2 Å². The van der Waals surface area contributed by atoms with Gasteiger partial charge in [0.2, 0.25) is 0 Å². The first-order valence-electron chi connectivity index (χ1n) is 12.7. The van der Waals surface area contributed by atoms with Gasteiger partial charge in [-0.05, 0) is 53.4 Å². The molecule has 1 aliphatic heterocycles. The molecule has 0 bridgehead atoms. The Hall–Kier alpha value is -4.55. The van der Waals surface area contributed by atoms with Crippen molar-refractivity contribution >= 4 is 40.6 Å². The highest BCUT2D eigenvalue weighted by atomic mass is 32.2. The van der Waals surface area contributed by atoms with E-state index in [0.717, 1.165) is 21.8 Å². The van der Waals surface area contributed by atoms with Crippen molar-refractivity contribution in [1.82, 2.24) is 25.1 Å². The van der Waals surface area contributed by atoms with E-state index < -0.39 is 0 Å². The Balaban J connectivity index is 1.23. The van der Waals surface area contributed by atoms with Crippen molar-refractivity contribution in [3.63, 3.8) is 0 Å². The van der Waals surface area contributed by atoms with Crippen LogP contribution < -0.4 is 5.32 Å². The molecule has 0 saturated heterocycles. The van der Waals surface area contributed by atoms with Gasteiger partial charge in [0.15, 0.2) is 16.7 Å². The Morgan fingerprint density at radius 3 is 2.59 bits per heavy atom. The predicted octanol–water partition coefficient (Wildman–Crippen LogP) is 5.46. The van der Waals surface area contributed by atoms with Gasteiger partial charge in [-0.2, -0.15) is 5.10 Å². The zero-order chi connectivity index (χ0) is 28.2. The minimum absolute atomic E-state index is 0.0443. The van der Waals surface area contributed by atoms with E-state index in [4.69, 9.17) is 4.42 Å². The third-order valence-corrected chi connectivity index (χ3v) is 8.25. The molecule has 0 spiro atoms. The van der Waals surface area contributed by atoms with E-state index in [0.29, 0.717) is 17.4 Å². The second-order valence-electron chi connectivity index (χ2n) is 9.05. The summed E-state index contributed by atoms with van der Waals surface area (Å²) in [4.78, 5) is 27.0. The van der Waals surface area contributed by atoms with Gasteiger partial charge in [0, 0.05) is 12.1 Å². The van der Waals surface area contributed by atoms with Crippen molar-refractivity contribution < 1.29 is 18.4 Å². The molecule has 41 heavy (non-hydrogen) atoms. The monoisotopic (exact) mass is 586 g/mol. The lowest BCUT2D eigenvalue weighted by Gasteiger charge is -2.22. The molecular formula is C29H23FN6O3S2. The second-order valence-corrected chi connectivity index (χ2v) is 10.9. The van der Waals surface area contributed by atoms with Gasteiger partial charge in [-0.25, -0.2) is 9.40 Å². The highest BCUT2D eigenvalue weighted by molar-refractivity contribution is 7.99. The number of carbonyl (C=O) groups is 2. The maximum absolute atomic E-state index is 13.6. The molecule has 1 atom stereocenters. The molecule has 0 fully saturated rings. The van der Waals surface area contributed by atoms with Gasteiger partial charge in [0.25, 0.3) is 11.8 Å². The molecule has 0 unspecified atom stereocenters. The molecule has 0 saturated carbocycles. The fourth-order valence-electron chi connectivity index (χ4n) is 4.47. The molecule has 4 heterocycles. The number of furan rings is 1. The number of rotatable bonds is 9. The van der Waals surface area contributed by atoms with Crippen LogP contribution >= 0.6 is 23.1 Å². The van der Waals surface area contributed by atoms with Gasteiger partial charge in [0.05, 0.1) is 35.2 Å². The van der Waals surface area contributed by atoms with Crippen LogP contribution in [0, 0.1) is 5.82 Å². The van der Waals surface area contributed by atoms with Gasteiger partial charge in [0.1, 0.15) is 5.82 Å². The van der Waals surface area contributed by atoms with Crippen LogP contribution in [0.25, 0.3) is 5.69 Å². The zero-order valence-corrected chi connectivity index (χ0v) is 23.1. The average Bonchev–Trinajstić information content (AvgIpc) is 3.82. The minimum atomic E-state index is -0.373. The number of amides is 2. The van der Waals surface area contributed by atoms with Crippen molar-refractivity contribution in [2.45, 2.75) is 24.2 Å². The zero-order valence-electron chi connectivity index (χ0n) is 21.5. The summed E-state index contributed by atoms with van der Waals surface area (Å²) in [5.41, 5.74) is 2.41. The number of hydrogen-bond acceptors (Lipinski definition) is 8. The molecular weight excluding hydrogens is 563 g/mol. The molecule has 2 amide bonds. The highest BCUT2D eigenvalue weighted by Gasteiger charge is 2.33. The molecule has 2 aromatic carbocycles. The van der Waals surface area contributed by atoms with Crippen molar-refractivity contribution in [2.75, 3.05) is 5.75 Å². The number of hydrazone groups is 1. The predicted molar refractivity (Wildman–Crippen MR) is 153 cm³/mol. The molecule has 5 aromatic rings. The van der Waals surface area contributed by atoms with Gasteiger partial charge in [-0.15, -0.1) is 21.5 Å². The summed E-state index contributed by atoms with van der Waals surface area (Å²) in [5, 5.41) is 20.1. The maximum atomic E-state index is 13.6. The van der Waals surface area contributed by atoms with Crippen molar-refractivity contribution in [3.8, 4) is 5.69 Å². The van der Waals surface area contributed by atoms with Crippen LogP contribution in [0.15, 0.2) is 105 Å². The number of nitrogens with zero attached hydrogens (tertiary/aromatic N) is 5. The fourth-order valence-corrected chi connectivity index (χ4v) is 6.01. The van der Waals surface area contributed by atoms with Crippen LogP contribution in [0.4, 0.5) is 4.39 Å². The lowest BCUT2D eigenvalue weighted by atomic mass is 10.0. The Morgan fingerprint density at radius 1 is 1.02 bits per heavy atom. The summed E-state index contributed by atoms with van der Waals surface area (Å²) in [6, 6.07) is 22.4. The number of halogens is 1. The molecule has 0 radical (unpaired) electrons. The number of thiophene rings is 1. The molecule has 6 rings (SSSR count). The summed E-state index contributed by atoms with van der Waals surface area (Å²) in [6.45, 7) is 0.100. The Bertz CT molecular complexity index is 1670. The molecule has 9 nitrogen and oxygen atoms in total. The molecule has 12 heteroatoms. The number of hydrogen-bond donors (Lipinski definition) is 1. The first-order valence-corrected chi connectivity index (χ1v) is 14.6. The van der Waals surface area contributed by atoms with Gasteiger partial charge >= 0.3 is 0 Å². The molecule has 1 aliphatic rings. The summed E-state index contributed by atoms with van der Waals surface area (Å²) in [6.07, 6.45) is 1.96. The standard InChI is InChI=1S/C29H23FN6O3S2/c30-20-12-10-19(11-13-20)23-16-22(25-9-5-15-40-25)34-36(23)27(37)18-41-29-33-32-26(35(29)21-6-2-1-3-7-21)17-31-28(38)24-8-4-14-39-24/h1-15,23H,16-18H2,(H,31,38)/t23-/m0/s1. The summed E-state index contributed by atoms with van der Waals surface area (Å²) >= 11 is 2.79. The third kappa shape index (κ3) is 5.83. The second kappa shape index (κ2) is 11.9. The maximum Gasteiger partial charge on any atom is 0.287 e. The van der Waals surface area contributed by atoms with E-state index >= 15 is 0 Å². The topological polar surface area (TPSA) is 106 Å². The number of thioether (sulfide) groups is 1. The van der Waals surface area contributed by atoms with Crippen LogP contribution in [-0.4, -0.2) is 43.1 Å². The van der Waals surface area contributed by atoms with Gasteiger partial charge in [-0.3, -0.25) is 14.2 Å². The SMILES string of the molecule is O=C(NCc1nnc(SCC(=O)N2N=C(c3cccs3)C[C@H]2c2ccc(F)cc2)n1-c1ccccc1)c1ccco1. The number of carbonyl (C=O) groups excluding carboxylic acids is 2. The highest BCUT2D eigenvalue weighted by Crippen LogP contribution is 2.35. The van der Waals surface area contributed by atoms with Crippen LogP contribution in [0.2, 0.25) is 0 Å². The average molecular weight is 587 g/mol. The van der Waals surface area contributed by atoms with Crippen molar-refractivity contribution in [3.05, 3.63) is 118 Å². The molecule has 206 valence electrons. The fraction of sp³-hybridized carbons (Fsp3) is 0.138. The summed E-state index contributed by atoms with van der Waals surface area (Å²) in [5.74, 6) is -0.193. The number of benzene rings is 2. The number of aromatic nitrogens is 3. The van der Waals surface area contributed by atoms with E-state index in [1.165, 1.54) is 35.2 Å². The van der Waals surface area contributed by atoms with E-state index in [1.807, 2.05) is 52.4 Å². The Labute approximate surface area is 242 Å². The van der Waals surface area contributed by atoms with Crippen LogP contribution in [-0.2, 0) is 11.3 Å². The van der Waals surface area contributed by atoms with E-state index in [1.54, 1.807) is 35.6 Å². The largest absolute Gasteiger partial charge is 0.459 e. The van der Waals surface area contributed by atoms with Crippen molar-refractivity contribution in [2.24, 2.45) is 5.10 Å². The lowest BCUT2D eigenvalue weighted by Crippen LogP contribution is -2.28. The first-order chi connectivity index (χ1) is 20.1. The first kappa shape index (κ1) is 26.7. The number of nitrogens with one attached hydrogen (secondary N) is 1. The molecule has 1 N–H and O–H groups in total. The lowest BCUT2D eigenvalue weighted by molar-refractivity contribution is -0.130. The summed E-state index contributed by atoms with van der Waals surface area (Å²) in [7, 11) is 0. The van der Waals surface area contributed by atoms with Crippen LogP contribution in [0.3, 0.4) is 0 Å². The molecule has 0 aliphatic carbocycles. The van der Waals surface area contributed by atoms with Gasteiger partial charge < -0.3 is 9.73 Å².